The second-order valence-electron chi connectivity index (χ2n) is 10.3. The number of aliphatic hydroxyl groups excluding tert-OH is 1. The Kier molecular flexibility index (Phi) is 10.7. The van der Waals surface area contributed by atoms with Gasteiger partial charge in [0.05, 0.1) is 39.0 Å². The Balaban J connectivity index is 1.36. The van der Waals surface area contributed by atoms with E-state index in [-0.39, 0.29) is 33.0 Å². The van der Waals surface area contributed by atoms with Gasteiger partial charge in [0.25, 0.3) is 0 Å². The van der Waals surface area contributed by atoms with Crippen LogP contribution < -0.4 is 0 Å². The highest BCUT2D eigenvalue weighted by Gasteiger charge is 2.47. The van der Waals surface area contributed by atoms with Gasteiger partial charge < -0.3 is 24.1 Å². The number of aliphatic hydroxyl groups is 1. The molecule has 1 saturated heterocycles. The molecule has 218 valence electrons. The summed E-state index contributed by atoms with van der Waals surface area (Å²) in [4.78, 5) is 15.2. The Bertz CT molecular complexity index is 1340. The molecule has 4 atom stereocenters. The van der Waals surface area contributed by atoms with Crippen LogP contribution in [0.15, 0.2) is 121 Å². The average Bonchev–Trinajstić information content (AvgIpc) is 3.05. The molecule has 0 aromatic heterocycles. The Hall–Kier alpha value is -4.01. The standard InChI is InChI=1S/C35H37NO6/c37-33-32(40-23-28-15-7-2-8-16-28)21-36(35(38)42-25-30-19-11-4-12-20-30)31(26-39-22-27-13-5-1-6-14-27)34(33)41-24-29-17-9-3-10-18-29/h1-20,31-34,37H,21-26H2/t31-,32+,33-,34-/m1/s1. The van der Waals surface area contributed by atoms with E-state index >= 15 is 0 Å². The third-order valence-corrected chi connectivity index (χ3v) is 7.31. The molecule has 4 aromatic rings. The number of amides is 1. The molecule has 5 rings (SSSR count). The third kappa shape index (κ3) is 8.27. The van der Waals surface area contributed by atoms with Crippen LogP contribution in [0, 0.1) is 0 Å². The average molecular weight is 568 g/mol. The number of hydrogen-bond donors (Lipinski definition) is 1. The van der Waals surface area contributed by atoms with Crippen LogP contribution in [0.4, 0.5) is 4.79 Å². The van der Waals surface area contributed by atoms with Gasteiger partial charge in [-0.15, -0.1) is 0 Å². The molecule has 7 heteroatoms. The minimum Gasteiger partial charge on any atom is -0.445 e. The molecule has 1 aliphatic heterocycles. The SMILES string of the molecule is O=C(OCc1ccccc1)N1C[C@H](OCc2ccccc2)[C@@H](O)[C@H](OCc2ccccc2)[C@H]1COCc1ccccc1. The zero-order chi connectivity index (χ0) is 29.0. The first kappa shape index (κ1) is 29.5. The molecule has 1 heterocycles. The normalized spacial score (nSPS) is 20.3. The smallest absolute Gasteiger partial charge is 0.410 e. The van der Waals surface area contributed by atoms with Gasteiger partial charge in [-0.25, -0.2) is 4.79 Å². The molecule has 0 aliphatic carbocycles. The second kappa shape index (κ2) is 15.3. The predicted octanol–water partition coefficient (Wildman–Crippen LogP) is 5.76. The van der Waals surface area contributed by atoms with Crippen molar-refractivity contribution in [3.8, 4) is 0 Å². The summed E-state index contributed by atoms with van der Waals surface area (Å²) < 4.78 is 24.4. The summed E-state index contributed by atoms with van der Waals surface area (Å²) in [5.41, 5.74) is 3.82. The van der Waals surface area contributed by atoms with Gasteiger partial charge in [-0.2, -0.15) is 0 Å². The number of nitrogens with zero attached hydrogens (tertiary/aromatic N) is 1. The molecule has 0 radical (unpaired) electrons. The third-order valence-electron chi connectivity index (χ3n) is 7.31. The van der Waals surface area contributed by atoms with Crippen molar-refractivity contribution >= 4 is 6.09 Å². The summed E-state index contributed by atoms with van der Waals surface area (Å²) in [6.07, 6.45) is -2.98. The number of piperidine rings is 1. The predicted molar refractivity (Wildman–Crippen MR) is 159 cm³/mol. The number of hydrogen-bond acceptors (Lipinski definition) is 6. The van der Waals surface area contributed by atoms with E-state index in [0.29, 0.717) is 6.61 Å². The molecule has 1 amide bonds. The van der Waals surface area contributed by atoms with Gasteiger partial charge in [-0.3, -0.25) is 4.90 Å². The van der Waals surface area contributed by atoms with Crippen molar-refractivity contribution in [3.63, 3.8) is 0 Å². The zero-order valence-corrected chi connectivity index (χ0v) is 23.5. The number of carbonyl (C=O) groups excluding carboxylic acids is 1. The van der Waals surface area contributed by atoms with Crippen molar-refractivity contribution in [1.82, 2.24) is 4.90 Å². The summed E-state index contributed by atoms with van der Waals surface area (Å²) in [5.74, 6) is 0. The Labute approximate surface area is 247 Å². The Morgan fingerprint density at radius 3 is 1.62 bits per heavy atom. The molecule has 1 aliphatic rings. The Morgan fingerprint density at radius 2 is 1.10 bits per heavy atom. The van der Waals surface area contributed by atoms with Crippen LogP contribution in [-0.4, -0.2) is 53.6 Å². The van der Waals surface area contributed by atoms with Crippen LogP contribution >= 0.6 is 0 Å². The minimum atomic E-state index is -0.999. The molecular weight excluding hydrogens is 530 g/mol. The fourth-order valence-corrected chi connectivity index (χ4v) is 5.03. The molecule has 0 unspecified atom stereocenters. The fourth-order valence-electron chi connectivity index (χ4n) is 5.03. The number of carbonyl (C=O) groups is 1. The van der Waals surface area contributed by atoms with Crippen LogP contribution in [0.25, 0.3) is 0 Å². The van der Waals surface area contributed by atoms with Crippen molar-refractivity contribution < 1.29 is 28.8 Å². The molecular formula is C35H37NO6. The molecule has 0 bridgehead atoms. The van der Waals surface area contributed by atoms with Crippen LogP contribution in [0.1, 0.15) is 22.3 Å². The second-order valence-corrected chi connectivity index (χ2v) is 10.3. The highest BCUT2D eigenvalue weighted by molar-refractivity contribution is 5.68. The van der Waals surface area contributed by atoms with Crippen LogP contribution in [0.5, 0.6) is 0 Å². The van der Waals surface area contributed by atoms with E-state index in [1.54, 1.807) is 4.90 Å². The first-order valence-corrected chi connectivity index (χ1v) is 14.3. The summed E-state index contributed by atoms with van der Waals surface area (Å²) in [6, 6.07) is 38.3. The maximum atomic E-state index is 13.6. The number of ether oxygens (including phenoxy) is 4. The summed E-state index contributed by atoms with van der Waals surface area (Å²) in [7, 11) is 0. The quantitative estimate of drug-likeness (QED) is 0.235. The van der Waals surface area contributed by atoms with Crippen LogP contribution in [0.2, 0.25) is 0 Å². The van der Waals surface area contributed by atoms with Crippen molar-refractivity contribution in [1.29, 1.82) is 0 Å². The topological polar surface area (TPSA) is 77.5 Å². The van der Waals surface area contributed by atoms with E-state index < -0.39 is 30.4 Å². The highest BCUT2D eigenvalue weighted by Crippen LogP contribution is 2.27. The number of likely N-dealkylation sites (tertiary alicyclic amines) is 1. The van der Waals surface area contributed by atoms with Crippen LogP contribution in [0.3, 0.4) is 0 Å². The van der Waals surface area contributed by atoms with Gasteiger partial charge in [0.1, 0.15) is 24.9 Å². The molecule has 0 spiro atoms. The lowest BCUT2D eigenvalue weighted by molar-refractivity contribution is -0.184. The lowest BCUT2D eigenvalue weighted by Gasteiger charge is -2.46. The van der Waals surface area contributed by atoms with Gasteiger partial charge in [-0.05, 0) is 22.3 Å². The highest BCUT2D eigenvalue weighted by atomic mass is 16.6. The van der Waals surface area contributed by atoms with E-state index in [9.17, 15) is 9.90 Å². The summed E-state index contributed by atoms with van der Waals surface area (Å²) >= 11 is 0. The lowest BCUT2D eigenvalue weighted by Crippen LogP contribution is -2.65. The summed E-state index contributed by atoms with van der Waals surface area (Å²) in [5, 5.41) is 11.6. The van der Waals surface area contributed by atoms with Gasteiger partial charge in [0, 0.05) is 0 Å². The molecule has 7 nitrogen and oxygen atoms in total. The van der Waals surface area contributed by atoms with E-state index in [4.69, 9.17) is 18.9 Å². The monoisotopic (exact) mass is 567 g/mol. The fraction of sp³-hybridized carbons (Fsp3) is 0.286. The summed E-state index contributed by atoms with van der Waals surface area (Å²) in [6.45, 7) is 1.32. The zero-order valence-electron chi connectivity index (χ0n) is 23.5. The molecule has 4 aromatic carbocycles. The Morgan fingerprint density at radius 1 is 0.643 bits per heavy atom. The minimum absolute atomic E-state index is 0.126. The maximum absolute atomic E-state index is 13.6. The molecule has 0 saturated carbocycles. The lowest BCUT2D eigenvalue weighted by atomic mass is 9.94. The number of rotatable bonds is 12. The van der Waals surface area contributed by atoms with Crippen molar-refractivity contribution in [2.75, 3.05) is 13.2 Å². The van der Waals surface area contributed by atoms with Gasteiger partial charge in [0.15, 0.2) is 0 Å². The molecule has 1 fully saturated rings. The van der Waals surface area contributed by atoms with Crippen molar-refractivity contribution in [2.45, 2.75) is 50.8 Å². The first-order chi connectivity index (χ1) is 20.7. The van der Waals surface area contributed by atoms with Gasteiger partial charge in [-0.1, -0.05) is 121 Å². The van der Waals surface area contributed by atoms with Crippen LogP contribution in [-0.2, 0) is 45.4 Å². The maximum Gasteiger partial charge on any atom is 0.410 e. The molecule has 42 heavy (non-hydrogen) atoms. The van der Waals surface area contributed by atoms with Crippen molar-refractivity contribution in [2.24, 2.45) is 0 Å². The number of benzene rings is 4. The van der Waals surface area contributed by atoms with Gasteiger partial charge in [0.2, 0.25) is 0 Å². The van der Waals surface area contributed by atoms with E-state index in [1.165, 1.54) is 0 Å². The first-order valence-electron chi connectivity index (χ1n) is 14.3. The molecule has 1 N–H and O–H groups in total. The van der Waals surface area contributed by atoms with Crippen molar-refractivity contribution in [3.05, 3.63) is 144 Å². The van der Waals surface area contributed by atoms with E-state index in [2.05, 4.69) is 0 Å². The van der Waals surface area contributed by atoms with E-state index in [1.807, 2.05) is 121 Å². The van der Waals surface area contributed by atoms with Gasteiger partial charge >= 0.3 is 6.09 Å². The largest absolute Gasteiger partial charge is 0.445 e. The van der Waals surface area contributed by atoms with E-state index in [0.717, 1.165) is 22.3 Å².